The third kappa shape index (κ3) is 1.73. The van der Waals surface area contributed by atoms with Crippen LogP contribution in [0.3, 0.4) is 0 Å². The summed E-state index contributed by atoms with van der Waals surface area (Å²) in [6, 6.07) is 12.2. The van der Waals surface area contributed by atoms with E-state index in [-0.39, 0.29) is 0 Å². The minimum Gasteiger partial charge on any atom is -0.288 e. The van der Waals surface area contributed by atoms with E-state index in [9.17, 15) is 0 Å². The molecule has 1 aliphatic rings. The van der Waals surface area contributed by atoms with Crippen molar-refractivity contribution in [1.29, 1.82) is 0 Å². The second-order valence-corrected chi connectivity index (χ2v) is 4.71. The largest absolute Gasteiger partial charge is 0.288 e. The molecule has 3 aromatic rings. The summed E-state index contributed by atoms with van der Waals surface area (Å²) in [4.78, 5) is 8.71. The van der Waals surface area contributed by atoms with Gasteiger partial charge in [0.1, 0.15) is 5.69 Å². The third-order valence-electron chi connectivity index (χ3n) is 3.44. The van der Waals surface area contributed by atoms with Crippen LogP contribution in [0.2, 0.25) is 0 Å². The van der Waals surface area contributed by atoms with Crippen molar-refractivity contribution in [3.63, 3.8) is 0 Å². The number of hydrogen-bond acceptors (Lipinski definition) is 3. The SMILES string of the molecule is C1=NCC=C1c1n[nH]c2cnc(-c3ccccc3)cc12. The maximum atomic E-state index is 4.49. The molecule has 96 valence electrons. The van der Waals surface area contributed by atoms with Crippen LogP contribution < -0.4 is 0 Å². The molecule has 0 saturated carbocycles. The fourth-order valence-corrected chi connectivity index (χ4v) is 2.42. The van der Waals surface area contributed by atoms with Gasteiger partial charge in [0.2, 0.25) is 0 Å². The van der Waals surface area contributed by atoms with E-state index in [1.165, 1.54) is 0 Å². The Balaban J connectivity index is 1.90. The van der Waals surface area contributed by atoms with Gasteiger partial charge in [-0.2, -0.15) is 5.10 Å². The number of nitrogens with one attached hydrogen (secondary N) is 1. The molecule has 0 atom stereocenters. The van der Waals surface area contributed by atoms with Crippen molar-refractivity contribution in [3.05, 3.63) is 54.4 Å². The molecule has 2 aromatic heterocycles. The third-order valence-corrected chi connectivity index (χ3v) is 3.44. The van der Waals surface area contributed by atoms with Gasteiger partial charge < -0.3 is 0 Å². The highest BCUT2D eigenvalue weighted by Crippen LogP contribution is 2.26. The second kappa shape index (κ2) is 4.42. The van der Waals surface area contributed by atoms with Crippen LogP contribution in [0.1, 0.15) is 5.69 Å². The van der Waals surface area contributed by atoms with Crippen LogP contribution in [-0.2, 0) is 0 Å². The molecule has 4 rings (SSSR count). The Hall–Kier alpha value is -2.75. The predicted octanol–water partition coefficient (Wildman–Crippen LogP) is 3.09. The molecule has 0 spiro atoms. The van der Waals surface area contributed by atoms with Crippen LogP contribution >= 0.6 is 0 Å². The lowest BCUT2D eigenvalue weighted by Gasteiger charge is -2.01. The van der Waals surface area contributed by atoms with Crippen molar-refractivity contribution in [2.24, 2.45) is 4.99 Å². The van der Waals surface area contributed by atoms with Crippen LogP contribution in [0.25, 0.3) is 27.7 Å². The molecule has 4 heteroatoms. The number of aromatic nitrogens is 3. The van der Waals surface area contributed by atoms with Crippen LogP contribution in [0.15, 0.2) is 53.7 Å². The number of benzene rings is 1. The molecule has 0 radical (unpaired) electrons. The van der Waals surface area contributed by atoms with Gasteiger partial charge in [-0.15, -0.1) is 0 Å². The monoisotopic (exact) mass is 260 g/mol. The lowest BCUT2D eigenvalue weighted by molar-refractivity contribution is 1.10. The van der Waals surface area contributed by atoms with Gasteiger partial charge in [0.05, 0.1) is 24.0 Å². The number of pyridine rings is 1. The van der Waals surface area contributed by atoms with Crippen LogP contribution in [-0.4, -0.2) is 27.9 Å². The Kier molecular flexibility index (Phi) is 2.45. The Bertz CT molecular complexity index is 828. The smallest absolute Gasteiger partial charge is 0.101 e. The average molecular weight is 260 g/mol. The standard InChI is InChI=1S/C16H12N4/c1-2-4-11(5-3-1)14-8-13-15(10-18-14)19-20-16(13)12-6-7-17-9-12/h1-6,8-10H,7H2,(H,19,20). The molecule has 0 saturated heterocycles. The van der Waals surface area contributed by atoms with Gasteiger partial charge in [0.25, 0.3) is 0 Å². The van der Waals surface area contributed by atoms with Crippen molar-refractivity contribution in [1.82, 2.24) is 15.2 Å². The van der Waals surface area contributed by atoms with Crippen molar-refractivity contribution in [2.45, 2.75) is 0 Å². The molecule has 0 fully saturated rings. The number of H-pyrrole nitrogens is 1. The maximum absolute atomic E-state index is 4.49. The lowest BCUT2D eigenvalue weighted by Crippen LogP contribution is -1.86. The fraction of sp³-hybridized carbons (Fsp3) is 0.0625. The number of aliphatic imine (C=N–C) groups is 1. The summed E-state index contributed by atoms with van der Waals surface area (Å²) in [5.41, 5.74) is 5.02. The van der Waals surface area contributed by atoms with Crippen molar-refractivity contribution in [3.8, 4) is 11.3 Å². The zero-order chi connectivity index (χ0) is 13.4. The first-order valence-corrected chi connectivity index (χ1v) is 6.52. The molecule has 0 aliphatic carbocycles. The Morgan fingerprint density at radius 1 is 1.10 bits per heavy atom. The number of fused-ring (bicyclic) bond motifs is 1. The molecule has 0 unspecified atom stereocenters. The van der Waals surface area contributed by atoms with Crippen LogP contribution in [0.5, 0.6) is 0 Å². The van der Waals surface area contributed by atoms with E-state index in [1.807, 2.05) is 30.6 Å². The Morgan fingerprint density at radius 3 is 2.80 bits per heavy atom. The van der Waals surface area contributed by atoms with E-state index in [0.717, 1.165) is 40.0 Å². The van der Waals surface area contributed by atoms with Crippen molar-refractivity contribution in [2.75, 3.05) is 6.54 Å². The zero-order valence-corrected chi connectivity index (χ0v) is 10.7. The highest BCUT2D eigenvalue weighted by Gasteiger charge is 2.12. The van der Waals surface area contributed by atoms with Crippen LogP contribution in [0.4, 0.5) is 0 Å². The first-order chi connectivity index (χ1) is 9.92. The molecule has 1 N–H and O–H groups in total. The minimum atomic E-state index is 0.736. The molecule has 0 bridgehead atoms. The van der Waals surface area contributed by atoms with E-state index >= 15 is 0 Å². The van der Waals surface area contributed by atoms with E-state index < -0.39 is 0 Å². The Morgan fingerprint density at radius 2 is 2.00 bits per heavy atom. The molecule has 4 nitrogen and oxygen atoms in total. The predicted molar refractivity (Wildman–Crippen MR) is 80.7 cm³/mol. The average Bonchev–Trinajstić information content (AvgIpc) is 3.16. The van der Waals surface area contributed by atoms with Gasteiger partial charge in [-0.3, -0.25) is 15.1 Å². The number of nitrogens with zero attached hydrogens (tertiary/aromatic N) is 3. The van der Waals surface area contributed by atoms with E-state index in [4.69, 9.17) is 0 Å². The highest BCUT2D eigenvalue weighted by atomic mass is 15.1. The summed E-state index contributed by atoms with van der Waals surface area (Å²) in [7, 11) is 0. The molecule has 0 amide bonds. The molecular formula is C16H12N4. The minimum absolute atomic E-state index is 0.736. The molecule has 1 aliphatic heterocycles. The summed E-state index contributed by atoms with van der Waals surface area (Å²) in [5, 5.41) is 8.50. The summed E-state index contributed by atoms with van der Waals surface area (Å²) >= 11 is 0. The number of aromatic amines is 1. The van der Waals surface area contributed by atoms with Gasteiger partial charge in [-0.1, -0.05) is 36.4 Å². The van der Waals surface area contributed by atoms with E-state index in [2.05, 4.69) is 44.4 Å². The summed E-state index contributed by atoms with van der Waals surface area (Å²) in [6.07, 6.45) is 5.79. The van der Waals surface area contributed by atoms with E-state index in [1.54, 1.807) is 0 Å². The first-order valence-electron chi connectivity index (χ1n) is 6.52. The lowest BCUT2D eigenvalue weighted by atomic mass is 10.1. The van der Waals surface area contributed by atoms with Gasteiger partial charge in [-0.05, 0) is 6.07 Å². The quantitative estimate of drug-likeness (QED) is 0.769. The van der Waals surface area contributed by atoms with Crippen molar-refractivity contribution < 1.29 is 0 Å². The summed E-state index contributed by atoms with van der Waals surface area (Å²) in [6.45, 7) is 0.736. The molecular weight excluding hydrogens is 248 g/mol. The van der Waals surface area contributed by atoms with Crippen LogP contribution in [0, 0.1) is 0 Å². The van der Waals surface area contributed by atoms with Crippen molar-refractivity contribution >= 4 is 22.7 Å². The highest BCUT2D eigenvalue weighted by molar-refractivity contribution is 6.15. The number of rotatable bonds is 2. The topological polar surface area (TPSA) is 53.9 Å². The normalized spacial score (nSPS) is 13.9. The van der Waals surface area contributed by atoms with Gasteiger partial charge in [0, 0.05) is 22.7 Å². The number of hydrogen-bond donors (Lipinski definition) is 1. The molecule has 20 heavy (non-hydrogen) atoms. The van der Waals surface area contributed by atoms with Gasteiger partial charge in [-0.25, -0.2) is 0 Å². The van der Waals surface area contributed by atoms with Gasteiger partial charge >= 0.3 is 0 Å². The second-order valence-electron chi connectivity index (χ2n) is 4.71. The molecule has 1 aromatic carbocycles. The maximum Gasteiger partial charge on any atom is 0.101 e. The number of allylic oxidation sites excluding steroid dienone is 1. The Labute approximate surface area is 115 Å². The first kappa shape index (κ1) is 11.1. The molecule has 3 heterocycles. The fourth-order valence-electron chi connectivity index (χ4n) is 2.42. The summed E-state index contributed by atoms with van der Waals surface area (Å²) in [5.74, 6) is 0. The van der Waals surface area contributed by atoms with E-state index in [0.29, 0.717) is 0 Å². The van der Waals surface area contributed by atoms with Gasteiger partial charge in [0.15, 0.2) is 0 Å². The zero-order valence-electron chi connectivity index (χ0n) is 10.7. The summed E-state index contributed by atoms with van der Waals surface area (Å²) < 4.78 is 0.